The second kappa shape index (κ2) is 4.58. The molecule has 0 fully saturated rings. The number of nitrogens with zero attached hydrogens (tertiary/aromatic N) is 1. The van der Waals surface area contributed by atoms with E-state index >= 15 is 0 Å². The molecule has 3 nitrogen and oxygen atoms in total. The first-order chi connectivity index (χ1) is 8.20. The summed E-state index contributed by atoms with van der Waals surface area (Å²) in [4.78, 5) is 0. The molecule has 2 aromatic rings. The third-order valence-corrected chi connectivity index (χ3v) is 2.46. The molecule has 0 saturated carbocycles. The average molecular weight is 224 g/mol. The van der Waals surface area contributed by atoms with Crippen LogP contribution in [-0.2, 0) is 0 Å². The fourth-order valence-electron chi connectivity index (χ4n) is 1.48. The zero-order valence-corrected chi connectivity index (χ0v) is 9.47. The van der Waals surface area contributed by atoms with Crippen LogP contribution in [0.5, 0.6) is 11.5 Å². The van der Waals surface area contributed by atoms with Crippen LogP contribution in [0, 0.1) is 18.3 Å². The monoisotopic (exact) mass is 224 g/mol. The lowest BCUT2D eigenvalue weighted by atomic mass is 10.2. The molecule has 0 heterocycles. The van der Waals surface area contributed by atoms with Gasteiger partial charge in [0.2, 0.25) is 0 Å². The largest absolute Gasteiger partial charge is 0.455 e. The minimum atomic E-state index is 0.512. The zero-order chi connectivity index (χ0) is 12.3. The van der Waals surface area contributed by atoms with Crippen LogP contribution in [0.15, 0.2) is 42.5 Å². The van der Waals surface area contributed by atoms with Gasteiger partial charge in [0.25, 0.3) is 0 Å². The van der Waals surface area contributed by atoms with Crippen LogP contribution in [0.2, 0.25) is 0 Å². The van der Waals surface area contributed by atoms with E-state index in [0.717, 1.165) is 11.3 Å². The van der Waals surface area contributed by atoms with Crippen molar-refractivity contribution in [2.75, 3.05) is 5.73 Å². The Bertz CT molecular complexity index is 585. The van der Waals surface area contributed by atoms with Crippen molar-refractivity contribution in [3.05, 3.63) is 53.6 Å². The van der Waals surface area contributed by atoms with E-state index in [4.69, 9.17) is 15.7 Å². The molecule has 3 heteroatoms. The van der Waals surface area contributed by atoms with Crippen LogP contribution in [0.4, 0.5) is 5.69 Å². The van der Waals surface area contributed by atoms with Crippen LogP contribution in [0.3, 0.4) is 0 Å². The molecule has 0 saturated heterocycles. The molecule has 0 bridgehead atoms. The van der Waals surface area contributed by atoms with Crippen molar-refractivity contribution in [3.8, 4) is 17.6 Å². The van der Waals surface area contributed by atoms with Crippen LogP contribution in [0.1, 0.15) is 11.1 Å². The third-order valence-electron chi connectivity index (χ3n) is 2.46. The summed E-state index contributed by atoms with van der Waals surface area (Å²) >= 11 is 0. The van der Waals surface area contributed by atoms with E-state index in [-0.39, 0.29) is 0 Å². The number of rotatable bonds is 2. The maximum atomic E-state index is 8.83. The van der Waals surface area contributed by atoms with Gasteiger partial charge in [0.05, 0.1) is 17.3 Å². The number of nitrogens with two attached hydrogens (primary N) is 1. The van der Waals surface area contributed by atoms with Crippen molar-refractivity contribution in [3.63, 3.8) is 0 Å². The van der Waals surface area contributed by atoms with Crippen LogP contribution in [0.25, 0.3) is 0 Å². The highest BCUT2D eigenvalue weighted by Gasteiger charge is 2.05. The topological polar surface area (TPSA) is 59.0 Å². The quantitative estimate of drug-likeness (QED) is 0.796. The van der Waals surface area contributed by atoms with Gasteiger partial charge < -0.3 is 10.5 Å². The van der Waals surface area contributed by atoms with Gasteiger partial charge in [-0.1, -0.05) is 18.2 Å². The summed E-state index contributed by atoms with van der Waals surface area (Å²) in [6.07, 6.45) is 0. The molecule has 2 aromatic carbocycles. The number of nitriles is 1. The number of para-hydroxylation sites is 1. The van der Waals surface area contributed by atoms with Crippen LogP contribution in [-0.4, -0.2) is 0 Å². The molecule has 0 unspecified atom stereocenters. The zero-order valence-electron chi connectivity index (χ0n) is 9.47. The lowest BCUT2D eigenvalue weighted by Gasteiger charge is -2.10. The molecule has 17 heavy (non-hydrogen) atoms. The van der Waals surface area contributed by atoms with Gasteiger partial charge in [0, 0.05) is 6.07 Å². The Balaban J connectivity index is 2.37. The molecule has 0 aliphatic heterocycles. The Morgan fingerprint density at radius 2 is 1.88 bits per heavy atom. The van der Waals surface area contributed by atoms with Gasteiger partial charge in [-0.15, -0.1) is 0 Å². The van der Waals surface area contributed by atoms with Crippen molar-refractivity contribution < 1.29 is 4.74 Å². The maximum Gasteiger partial charge on any atom is 0.151 e. The molecule has 0 amide bonds. The Morgan fingerprint density at radius 1 is 1.12 bits per heavy atom. The third kappa shape index (κ3) is 2.37. The van der Waals surface area contributed by atoms with Gasteiger partial charge in [0.1, 0.15) is 5.75 Å². The number of benzene rings is 2. The van der Waals surface area contributed by atoms with Gasteiger partial charge in [-0.25, -0.2) is 0 Å². The molecule has 0 spiro atoms. The summed E-state index contributed by atoms with van der Waals surface area (Å²) in [6, 6.07) is 14.7. The molecule has 0 aromatic heterocycles. The van der Waals surface area contributed by atoms with Crippen molar-refractivity contribution >= 4 is 5.69 Å². The highest BCUT2D eigenvalue weighted by molar-refractivity contribution is 5.57. The van der Waals surface area contributed by atoms with Gasteiger partial charge in [-0.05, 0) is 30.7 Å². The molecule has 0 aliphatic rings. The fourth-order valence-corrected chi connectivity index (χ4v) is 1.48. The van der Waals surface area contributed by atoms with Crippen molar-refractivity contribution in [2.24, 2.45) is 0 Å². The minimum Gasteiger partial charge on any atom is -0.455 e. The minimum absolute atomic E-state index is 0.512. The SMILES string of the molecule is Cc1ccccc1Oc1cc(C#N)ccc1N. The van der Waals surface area contributed by atoms with E-state index in [1.54, 1.807) is 18.2 Å². The summed E-state index contributed by atoms with van der Waals surface area (Å²) in [5, 5.41) is 8.83. The second-order valence-electron chi connectivity index (χ2n) is 3.73. The number of hydrogen-bond acceptors (Lipinski definition) is 3. The van der Waals surface area contributed by atoms with Crippen molar-refractivity contribution in [2.45, 2.75) is 6.92 Å². The first-order valence-corrected chi connectivity index (χ1v) is 5.24. The number of ether oxygens (including phenoxy) is 1. The Hall–Kier alpha value is -2.47. The maximum absolute atomic E-state index is 8.83. The molecule has 0 aliphatic carbocycles. The normalized spacial score (nSPS) is 9.65. The summed E-state index contributed by atoms with van der Waals surface area (Å²) in [5.41, 5.74) is 7.88. The van der Waals surface area contributed by atoms with Crippen LogP contribution >= 0.6 is 0 Å². The number of anilines is 1. The second-order valence-corrected chi connectivity index (χ2v) is 3.73. The Morgan fingerprint density at radius 3 is 2.59 bits per heavy atom. The van der Waals surface area contributed by atoms with Crippen molar-refractivity contribution in [1.82, 2.24) is 0 Å². The van der Waals surface area contributed by atoms with Gasteiger partial charge >= 0.3 is 0 Å². The van der Waals surface area contributed by atoms with Crippen molar-refractivity contribution in [1.29, 1.82) is 5.26 Å². The van der Waals surface area contributed by atoms with Gasteiger partial charge in [-0.2, -0.15) is 5.26 Å². The highest BCUT2D eigenvalue weighted by atomic mass is 16.5. The first-order valence-electron chi connectivity index (χ1n) is 5.24. The number of hydrogen-bond donors (Lipinski definition) is 1. The van der Waals surface area contributed by atoms with Crippen LogP contribution < -0.4 is 10.5 Å². The highest BCUT2D eigenvalue weighted by Crippen LogP contribution is 2.29. The molecular formula is C14H12N2O. The average Bonchev–Trinajstić information content (AvgIpc) is 2.35. The fraction of sp³-hybridized carbons (Fsp3) is 0.0714. The molecule has 2 rings (SSSR count). The molecule has 0 radical (unpaired) electrons. The Labute approximate surface area is 100 Å². The standard InChI is InChI=1S/C14H12N2O/c1-10-4-2-3-5-13(10)17-14-8-11(9-15)6-7-12(14)16/h2-8H,16H2,1H3. The lowest BCUT2D eigenvalue weighted by molar-refractivity contribution is 0.481. The van der Waals surface area contributed by atoms with E-state index in [0.29, 0.717) is 17.0 Å². The summed E-state index contributed by atoms with van der Waals surface area (Å²) in [7, 11) is 0. The predicted molar refractivity (Wildman–Crippen MR) is 66.8 cm³/mol. The number of nitrogen functional groups attached to an aromatic ring is 1. The Kier molecular flexibility index (Phi) is 2.97. The first kappa shape index (κ1) is 11.0. The summed E-state index contributed by atoms with van der Waals surface area (Å²) in [6.45, 7) is 1.96. The molecule has 2 N–H and O–H groups in total. The van der Waals surface area contributed by atoms with E-state index in [9.17, 15) is 0 Å². The molecule has 84 valence electrons. The summed E-state index contributed by atoms with van der Waals surface area (Å²) < 4.78 is 5.71. The smallest absolute Gasteiger partial charge is 0.151 e. The summed E-state index contributed by atoms with van der Waals surface area (Å²) in [5.74, 6) is 1.26. The predicted octanol–water partition coefficient (Wildman–Crippen LogP) is 3.24. The lowest BCUT2D eigenvalue weighted by Crippen LogP contribution is -1.94. The van der Waals surface area contributed by atoms with E-state index in [1.165, 1.54) is 0 Å². The molecular weight excluding hydrogens is 212 g/mol. The number of aryl methyl sites for hydroxylation is 1. The van der Waals surface area contributed by atoms with Gasteiger partial charge in [-0.3, -0.25) is 0 Å². The van der Waals surface area contributed by atoms with Gasteiger partial charge in [0.15, 0.2) is 5.75 Å². The van der Waals surface area contributed by atoms with E-state index in [1.807, 2.05) is 31.2 Å². The molecule has 0 atom stereocenters. The van der Waals surface area contributed by atoms with E-state index < -0.39 is 0 Å². The van der Waals surface area contributed by atoms with E-state index in [2.05, 4.69) is 6.07 Å².